The standard InChI is InChI=1S/C13H23F3O2.C11H30O4Si4.C10H17F3O2.C8H20Si/c1-7-12(6,13(14,15)16)11(17)18-10(8(2)3)9(4)5;1-10-11(2)19(9)14-17(5,6)12-16(3,4)13-18(7,8)15-19;1-6-9(5,10(11,12)13)7(14)15-8(2,3)4;1-6-8(2)7-9(3,4)5/h8-10H,7H2,1-6H3;11H,10H2,1-9H3;6H2,1-5H3;8H,6-7H2,1-5H3. The molecule has 0 bridgehead atoms. The fourth-order valence-corrected chi connectivity index (χ4v) is 30.8. The van der Waals surface area contributed by atoms with Gasteiger partial charge in [0.2, 0.25) is 0 Å². The van der Waals surface area contributed by atoms with Crippen molar-refractivity contribution in [2.24, 2.45) is 28.6 Å². The number of rotatable bonds is 12. The van der Waals surface area contributed by atoms with Crippen LogP contribution in [0.5, 0.6) is 0 Å². The average molecular weight is 978 g/mol. The van der Waals surface area contributed by atoms with Crippen LogP contribution in [-0.2, 0) is 35.5 Å². The van der Waals surface area contributed by atoms with Gasteiger partial charge in [0.15, 0.2) is 10.8 Å². The summed E-state index contributed by atoms with van der Waals surface area (Å²) in [4.78, 5) is 23.2. The van der Waals surface area contributed by atoms with Gasteiger partial charge < -0.3 is 25.9 Å². The number of carbonyl (C=O) groups is 2. The van der Waals surface area contributed by atoms with Crippen molar-refractivity contribution in [3.05, 3.63) is 0 Å². The predicted octanol–water partition coefficient (Wildman–Crippen LogP) is 14.9. The first kappa shape index (κ1) is 64.7. The topological polar surface area (TPSA) is 89.5 Å². The van der Waals surface area contributed by atoms with Crippen molar-refractivity contribution in [2.45, 2.75) is 231 Å². The molecular weight excluding hydrogens is 887 g/mol. The fraction of sp³-hybridized carbons (Fsp3) is 0.952. The van der Waals surface area contributed by atoms with Crippen molar-refractivity contribution in [3.8, 4) is 0 Å². The molecule has 368 valence electrons. The molecule has 8 nitrogen and oxygen atoms in total. The second-order valence-corrected chi connectivity index (χ2v) is 41.6. The normalized spacial score (nSPS) is 20.7. The first-order chi connectivity index (χ1) is 26.7. The Kier molecular flexibility index (Phi) is 25.8. The maximum Gasteiger partial charge on any atom is 0.404 e. The molecule has 0 aromatic carbocycles. The van der Waals surface area contributed by atoms with Gasteiger partial charge in [0.1, 0.15) is 11.7 Å². The molecule has 4 unspecified atom stereocenters. The summed E-state index contributed by atoms with van der Waals surface area (Å²) >= 11 is 0. The van der Waals surface area contributed by atoms with Crippen LogP contribution in [0.25, 0.3) is 0 Å². The minimum absolute atomic E-state index is 0.0108. The van der Waals surface area contributed by atoms with Crippen molar-refractivity contribution < 1.29 is 61.9 Å². The van der Waals surface area contributed by atoms with Crippen LogP contribution in [-0.4, -0.2) is 78.3 Å². The summed E-state index contributed by atoms with van der Waals surface area (Å²) in [6.07, 6.45) is -7.89. The Morgan fingerprint density at radius 1 is 0.574 bits per heavy atom. The van der Waals surface area contributed by atoms with E-state index in [2.05, 4.69) is 93.2 Å². The number of esters is 2. The van der Waals surface area contributed by atoms with E-state index in [1.165, 1.54) is 47.1 Å². The molecule has 1 aliphatic rings. The molecule has 1 rings (SSSR count). The maximum absolute atomic E-state index is 12.9. The van der Waals surface area contributed by atoms with Gasteiger partial charge in [0.05, 0.1) is 0 Å². The Bertz CT molecular complexity index is 1290. The van der Waals surface area contributed by atoms with Gasteiger partial charge >= 0.3 is 58.5 Å². The molecule has 0 aliphatic carbocycles. The van der Waals surface area contributed by atoms with Gasteiger partial charge in [-0.15, -0.1) is 0 Å². The summed E-state index contributed by atoms with van der Waals surface area (Å²) in [6, 6.07) is 1.49. The van der Waals surface area contributed by atoms with Gasteiger partial charge in [-0.3, -0.25) is 9.59 Å². The van der Waals surface area contributed by atoms with Gasteiger partial charge in [0, 0.05) is 8.07 Å². The first-order valence-corrected chi connectivity index (χ1v) is 36.6. The molecule has 0 aromatic heterocycles. The van der Waals surface area contributed by atoms with Crippen LogP contribution in [0.4, 0.5) is 26.3 Å². The third-order valence-corrected chi connectivity index (χ3v) is 29.7. The van der Waals surface area contributed by atoms with E-state index >= 15 is 0 Å². The van der Waals surface area contributed by atoms with Crippen LogP contribution in [0, 0.1) is 28.6 Å². The number of hydrogen-bond acceptors (Lipinski definition) is 8. The highest BCUT2D eigenvalue weighted by Gasteiger charge is 2.58. The molecule has 1 fully saturated rings. The highest BCUT2D eigenvalue weighted by molar-refractivity contribution is 6.93. The van der Waals surface area contributed by atoms with Crippen molar-refractivity contribution in [1.82, 2.24) is 0 Å². The van der Waals surface area contributed by atoms with E-state index in [1.54, 1.807) is 0 Å². The molecule has 0 aromatic rings. The molecule has 19 heteroatoms. The van der Waals surface area contributed by atoms with Crippen LogP contribution in [0.15, 0.2) is 0 Å². The summed E-state index contributed by atoms with van der Waals surface area (Å²) in [5, 5.41) is 0. The summed E-state index contributed by atoms with van der Waals surface area (Å²) in [5.41, 5.74) is -5.30. The number of ether oxygens (including phenoxy) is 2. The molecular formula is C42H90F6O8Si5. The highest BCUT2D eigenvalue weighted by atomic mass is 28.5. The van der Waals surface area contributed by atoms with E-state index in [-0.39, 0.29) is 24.7 Å². The maximum atomic E-state index is 12.9. The highest BCUT2D eigenvalue weighted by Crippen LogP contribution is 2.44. The minimum Gasteiger partial charge on any atom is -0.461 e. The van der Waals surface area contributed by atoms with Crippen molar-refractivity contribution in [2.75, 3.05) is 0 Å². The summed E-state index contributed by atoms with van der Waals surface area (Å²) in [6.45, 7) is 47.6. The molecule has 0 amide bonds. The quantitative estimate of drug-likeness (QED) is 0.109. The van der Waals surface area contributed by atoms with Crippen LogP contribution in [0.2, 0.25) is 77.1 Å². The molecule has 0 spiro atoms. The lowest BCUT2D eigenvalue weighted by molar-refractivity contribution is -0.237. The van der Waals surface area contributed by atoms with Crippen LogP contribution >= 0.6 is 0 Å². The monoisotopic (exact) mass is 977 g/mol. The van der Waals surface area contributed by atoms with Gasteiger partial charge in [-0.2, -0.15) is 26.3 Å². The third kappa shape index (κ3) is 23.5. The van der Waals surface area contributed by atoms with E-state index in [9.17, 15) is 35.9 Å². The molecule has 0 radical (unpaired) electrons. The van der Waals surface area contributed by atoms with Crippen molar-refractivity contribution in [3.63, 3.8) is 0 Å². The zero-order valence-electron chi connectivity index (χ0n) is 43.0. The van der Waals surface area contributed by atoms with Gasteiger partial charge in [0.25, 0.3) is 0 Å². The zero-order valence-corrected chi connectivity index (χ0v) is 48.0. The van der Waals surface area contributed by atoms with Crippen LogP contribution in [0.1, 0.15) is 130 Å². The first-order valence-electron chi connectivity index (χ1n) is 22.1. The Labute approximate surface area is 374 Å². The Morgan fingerprint density at radius 2 is 0.902 bits per heavy atom. The van der Waals surface area contributed by atoms with Gasteiger partial charge in [-0.1, -0.05) is 108 Å². The summed E-state index contributed by atoms with van der Waals surface area (Å²) in [7, 11) is -9.54. The van der Waals surface area contributed by atoms with Crippen LogP contribution in [0.3, 0.4) is 0 Å². The number of carbonyl (C=O) groups excluding carboxylic acids is 2. The van der Waals surface area contributed by atoms with Crippen molar-refractivity contribution >= 4 is 54.3 Å². The second kappa shape index (κ2) is 24.3. The molecule has 0 N–H and O–H groups in total. The Morgan fingerprint density at radius 3 is 1.13 bits per heavy atom. The van der Waals surface area contributed by atoms with E-state index in [0.717, 1.165) is 26.2 Å². The minimum atomic E-state index is -4.59. The van der Waals surface area contributed by atoms with E-state index in [0.29, 0.717) is 5.54 Å². The van der Waals surface area contributed by atoms with Gasteiger partial charge in [-0.05, 0) is 117 Å². The molecule has 1 aliphatic heterocycles. The Hall–Kier alpha value is -0.556. The van der Waals surface area contributed by atoms with Crippen LogP contribution < -0.4 is 0 Å². The zero-order chi connectivity index (χ0) is 49.8. The number of halogens is 6. The lowest BCUT2D eigenvalue weighted by Crippen LogP contribution is -2.66. The average Bonchev–Trinajstić information content (AvgIpc) is 3.01. The van der Waals surface area contributed by atoms with Gasteiger partial charge in [-0.25, -0.2) is 0 Å². The third-order valence-electron chi connectivity index (χ3n) is 10.6. The lowest BCUT2D eigenvalue weighted by Gasteiger charge is -2.49. The predicted molar refractivity (Wildman–Crippen MR) is 250 cm³/mol. The summed E-state index contributed by atoms with van der Waals surface area (Å²) in [5.74, 6) is -1.46. The Balaban J connectivity index is -0.000000757. The summed E-state index contributed by atoms with van der Waals surface area (Å²) < 4.78 is 112. The van der Waals surface area contributed by atoms with E-state index in [1.807, 2.05) is 27.7 Å². The molecule has 1 saturated heterocycles. The lowest BCUT2D eigenvalue weighted by atomic mass is 9.86. The fourth-order valence-electron chi connectivity index (χ4n) is 6.61. The van der Waals surface area contributed by atoms with E-state index in [4.69, 9.17) is 25.9 Å². The molecule has 4 atom stereocenters. The van der Waals surface area contributed by atoms with E-state index < -0.39 is 89.1 Å². The van der Waals surface area contributed by atoms with Crippen molar-refractivity contribution in [1.29, 1.82) is 0 Å². The molecule has 1 heterocycles. The number of hydrogen-bond donors (Lipinski definition) is 0. The second-order valence-electron chi connectivity index (χ2n) is 21.4. The molecule has 0 saturated carbocycles. The largest absolute Gasteiger partial charge is 0.461 e. The molecule has 61 heavy (non-hydrogen) atoms. The smallest absolute Gasteiger partial charge is 0.404 e. The SMILES string of the molecule is CCC(C)(C(=O)OC(C(C)C)C(C)C)C(F)(F)F.CCC(C)(C(=O)OC(C)(C)C)C(F)(F)F.CCC(C)C[Si](C)(C)C.CCC(C)[Si]1(C)O[Si](C)(C)O[Si](C)(C)O[Si](C)(C)O1. The number of alkyl halides is 6.